The number of nitrogens with one attached hydrogen (secondary N) is 1. The molecule has 1 atom stereocenters. The summed E-state index contributed by atoms with van der Waals surface area (Å²) in [5, 5.41) is 12.3. The summed E-state index contributed by atoms with van der Waals surface area (Å²) in [7, 11) is 0. The Kier molecular flexibility index (Phi) is 6.83. The van der Waals surface area contributed by atoms with Crippen molar-refractivity contribution >= 4 is 45.7 Å². The van der Waals surface area contributed by atoms with Crippen LogP contribution in [0.15, 0.2) is 59.5 Å². The standard InChI is InChI=1S/C22H22N4O3S2/c1-2-29-17-10-8-16(9-11-17)26-13-15(12-20(26)27)21(28)23-22-25-24-19(31-22)14-30-18-6-4-3-5-7-18/h3-11,15H,2,12-14H2,1H3,(H,23,25,28)/t15-/m1/s1. The van der Waals surface area contributed by atoms with E-state index in [0.717, 1.165) is 21.3 Å². The lowest BCUT2D eigenvalue weighted by Crippen LogP contribution is -2.28. The van der Waals surface area contributed by atoms with Gasteiger partial charge in [0.1, 0.15) is 10.8 Å². The number of hydrogen-bond donors (Lipinski definition) is 1. The van der Waals surface area contributed by atoms with Crippen LogP contribution in [0, 0.1) is 5.92 Å². The van der Waals surface area contributed by atoms with Crippen molar-refractivity contribution in [2.45, 2.75) is 24.0 Å². The van der Waals surface area contributed by atoms with Crippen LogP contribution in [-0.2, 0) is 15.3 Å². The molecule has 1 aliphatic heterocycles. The minimum atomic E-state index is -0.426. The van der Waals surface area contributed by atoms with E-state index in [9.17, 15) is 9.59 Å². The van der Waals surface area contributed by atoms with Crippen LogP contribution in [-0.4, -0.2) is 35.2 Å². The van der Waals surface area contributed by atoms with E-state index in [-0.39, 0.29) is 18.2 Å². The minimum absolute atomic E-state index is 0.0680. The molecule has 1 aromatic heterocycles. The molecule has 3 aromatic rings. The summed E-state index contributed by atoms with van der Waals surface area (Å²) in [4.78, 5) is 27.9. The van der Waals surface area contributed by atoms with E-state index in [1.165, 1.54) is 11.3 Å². The summed E-state index contributed by atoms with van der Waals surface area (Å²) in [6.07, 6.45) is 0.175. The van der Waals surface area contributed by atoms with Gasteiger partial charge in [-0.05, 0) is 43.3 Å². The van der Waals surface area contributed by atoms with Crippen molar-refractivity contribution in [1.82, 2.24) is 10.2 Å². The van der Waals surface area contributed by atoms with Gasteiger partial charge in [0.15, 0.2) is 0 Å². The van der Waals surface area contributed by atoms with E-state index in [0.29, 0.717) is 24.0 Å². The molecule has 7 nitrogen and oxygen atoms in total. The topological polar surface area (TPSA) is 84.4 Å². The molecule has 0 unspecified atom stereocenters. The highest BCUT2D eigenvalue weighted by Crippen LogP contribution is 2.29. The molecule has 0 spiro atoms. The molecule has 2 heterocycles. The first-order chi connectivity index (χ1) is 15.1. The molecule has 1 saturated heterocycles. The quantitative estimate of drug-likeness (QED) is 0.513. The van der Waals surface area contributed by atoms with Crippen molar-refractivity contribution in [1.29, 1.82) is 0 Å². The van der Waals surface area contributed by atoms with Crippen LogP contribution in [0.25, 0.3) is 0 Å². The Labute approximate surface area is 188 Å². The first-order valence-corrected chi connectivity index (χ1v) is 11.8. The molecule has 1 fully saturated rings. The Bertz CT molecular complexity index is 1040. The van der Waals surface area contributed by atoms with Crippen molar-refractivity contribution in [2.24, 2.45) is 5.92 Å². The first kappa shape index (κ1) is 21.3. The summed E-state index contributed by atoms with van der Waals surface area (Å²) >= 11 is 3.02. The van der Waals surface area contributed by atoms with E-state index in [1.807, 2.05) is 61.5 Å². The van der Waals surface area contributed by atoms with Gasteiger partial charge in [0.05, 0.1) is 18.3 Å². The molecule has 1 aliphatic rings. The molecule has 4 rings (SSSR count). The van der Waals surface area contributed by atoms with Gasteiger partial charge in [-0.1, -0.05) is 29.5 Å². The van der Waals surface area contributed by atoms with Gasteiger partial charge in [0, 0.05) is 23.5 Å². The smallest absolute Gasteiger partial charge is 0.231 e. The fraction of sp³-hybridized carbons (Fsp3) is 0.273. The number of benzene rings is 2. The maximum atomic E-state index is 12.7. The lowest BCUT2D eigenvalue weighted by atomic mass is 10.1. The molecule has 1 N–H and O–H groups in total. The van der Waals surface area contributed by atoms with E-state index in [1.54, 1.807) is 16.7 Å². The normalized spacial score (nSPS) is 15.8. The summed E-state index contributed by atoms with van der Waals surface area (Å²) < 4.78 is 5.44. The van der Waals surface area contributed by atoms with Gasteiger partial charge >= 0.3 is 0 Å². The highest BCUT2D eigenvalue weighted by atomic mass is 32.2. The van der Waals surface area contributed by atoms with Crippen LogP contribution in [0.3, 0.4) is 0 Å². The monoisotopic (exact) mass is 454 g/mol. The Morgan fingerprint density at radius 2 is 1.97 bits per heavy atom. The van der Waals surface area contributed by atoms with Crippen molar-refractivity contribution in [3.05, 3.63) is 59.6 Å². The largest absolute Gasteiger partial charge is 0.494 e. The third-order valence-corrected chi connectivity index (χ3v) is 6.80. The number of ether oxygens (including phenoxy) is 1. The van der Waals surface area contributed by atoms with Crippen molar-refractivity contribution in [3.8, 4) is 5.75 Å². The number of anilines is 2. The predicted octanol–water partition coefficient (Wildman–Crippen LogP) is 4.22. The second-order valence-corrected chi connectivity index (χ2v) is 9.04. The summed E-state index contributed by atoms with van der Waals surface area (Å²) in [5.74, 6) is 0.738. The number of amides is 2. The van der Waals surface area contributed by atoms with E-state index in [2.05, 4.69) is 15.5 Å². The van der Waals surface area contributed by atoms with Crippen LogP contribution in [0.4, 0.5) is 10.8 Å². The van der Waals surface area contributed by atoms with Crippen molar-refractivity contribution < 1.29 is 14.3 Å². The maximum absolute atomic E-state index is 12.7. The van der Waals surface area contributed by atoms with Gasteiger partial charge < -0.3 is 15.0 Å². The molecule has 0 bridgehead atoms. The zero-order valence-electron chi connectivity index (χ0n) is 17.0. The fourth-order valence-corrected chi connectivity index (χ4v) is 4.90. The Morgan fingerprint density at radius 1 is 1.19 bits per heavy atom. The average Bonchev–Trinajstić information content (AvgIpc) is 3.40. The molecule has 0 saturated carbocycles. The Morgan fingerprint density at radius 3 is 2.71 bits per heavy atom. The van der Waals surface area contributed by atoms with E-state index < -0.39 is 5.92 Å². The van der Waals surface area contributed by atoms with Crippen LogP contribution in [0.2, 0.25) is 0 Å². The van der Waals surface area contributed by atoms with E-state index >= 15 is 0 Å². The zero-order chi connectivity index (χ0) is 21.6. The van der Waals surface area contributed by atoms with Crippen molar-refractivity contribution in [3.63, 3.8) is 0 Å². The van der Waals surface area contributed by atoms with E-state index in [4.69, 9.17) is 4.74 Å². The molecular formula is C22H22N4O3S2. The predicted molar refractivity (Wildman–Crippen MR) is 123 cm³/mol. The molecule has 2 aromatic carbocycles. The van der Waals surface area contributed by atoms with Gasteiger partial charge in [-0.3, -0.25) is 9.59 Å². The first-order valence-electron chi connectivity index (χ1n) is 9.96. The lowest BCUT2D eigenvalue weighted by molar-refractivity contribution is -0.122. The molecule has 0 radical (unpaired) electrons. The number of rotatable bonds is 8. The Balaban J connectivity index is 1.32. The van der Waals surface area contributed by atoms with Crippen LogP contribution in [0.5, 0.6) is 5.75 Å². The summed E-state index contributed by atoms with van der Waals surface area (Å²) in [6, 6.07) is 17.4. The number of carbonyl (C=O) groups excluding carboxylic acids is 2. The molecule has 0 aliphatic carbocycles. The highest BCUT2D eigenvalue weighted by Gasteiger charge is 2.35. The van der Waals surface area contributed by atoms with Crippen LogP contribution >= 0.6 is 23.1 Å². The number of thioether (sulfide) groups is 1. The second-order valence-electron chi connectivity index (χ2n) is 6.92. The fourth-order valence-electron chi connectivity index (χ4n) is 3.25. The van der Waals surface area contributed by atoms with Gasteiger partial charge in [-0.25, -0.2) is 0 Å². The lowest BCUT2D eigenvalue weighted by Gasteiger charge is -2.17. The number of carbonyl (C=O) groups is 2. The molecule has 2 amide bonds. The Hall–Kier alpha value is -2.91. The number of nitrogens with zero attached hydrogens (tertiary/aromatic N) is 3. The van der Waals surface area contributed by atoms with Crippen LogP contribution in [0.1, 0.15) is 18.4 Å². The molecular weight excluding hydrogens is 432 g/mol. The molecule has 9 heteroatoms. The second kappa shape index (κ2) is 9.93. The van der Waals surface area contributed by atoms with Gasteiger partial charge in [-0.2, -0.15) is 0 Å². The van der Waals surface area contributed by atoms with Gasteiger partial charge in [-0.15, -0.1) is 22.0 Å². The van der Waals surface area contributed by atoms with Crippen molar-refractivity contribution in [2.75, 3.05) is 23.4 Å². The van der Waals surface area contributed by atoms with Crippen LogP contribution < -0.4 is 15.0 Å². The summed E-state index contributed by atoms with van der Waals surface area (Å²) in [5.41, 5.74) is 0.764. The average molecular weight is 455 g/mol. The van der Waals surface area contributed by atoms with Gasteiger partial charge in [0.25, 0.3) is 0 Å². The molecule has 31 heavy (non-hydrogen) atoms. The minimum Gasteiger partial charge on any atom is -0.494 e. The highest BCUT2D eigenvalue weighted by molar-refractivity contribution is 7.98. The summed E-state index contributed by atoms with van der Waals surface area (Å²) in [6.45, 7) is 2.85. The van der Waals surface area contributed by atoms with Gasteiger partial charge in [0.2, 0.25) is 16.9 Å². The molecule has 160 valence electrons. The third kappa shape index (κ3) is 5.42. The maximum Gasteiger partial charge on any atom is 0.231 e. The number of hydrogen-bond acceptors (Lipinski definition) is 7. The third-order valence-electron chi connectivity index (χ3n) is 4.76. The SMILES string of the molecule is CCOc1ccc(N2C[C@H](C(=O)Nc3nnc(CSc4ccccc4)s3)CC2=O)cc1. The zero-order valence-corrected chi connectivity index (χ0v) is 18.6. The number of aromatic nitrogens is 2.